The highest BCUT2D eigenvalue weighted by Crippen LogP contribution is 2.21. The molecule has 0 aliphatic heterocycles. The standard InChI is InChI=1S/C20H24ClN3O2/c1-4-22-20(26)16-8-6-10-18(12-16)23-19(25)13-24(3)14(2)15-7-5-9-17(21)11-15/h5-12,14H,4,13H2,1-3H3,(H,22,26)(H,23,25). The Hall–Kier alpha value is -2.37. The summed E-state index contributed by atoms with van der Waals surface area (Å²) in [5.41, 5.74) is 2.17. The lowest BCUT2D eigenvalue weighted by molar-refractivity contribution is -0.117. The van der Waals surface area contributed by atoms with Crippen LogP contribution in [0.5, 0.6) is 0 Å². The SMILES string of the molecule is CCNC(=O)c1cccc(NC(=O)CN(C)C(C)c2cccc(Cl)c2)c1. The molecule has 0 aliphatic rings. The average molecular weight is 374 g/mol. The predicted molar refractivity (Wildman–Crippen MR) is 106 cm³/mol. The van der Waals surface area contributed by atoms with Crippen molar-refractivity contribution in [3.63, 3.8) is 0 Å². The van der Waals surface area contributed by atoms with E-state index >= 15 is 0 Å². The third-order valence-corrected chi connectivity index (χ3v) is 4.37. The van der Waals surface area contributed by atoms with Crippen LogP contribution >= 0.6 is 11.6 Å². The zero-order valence-corrected chi connectivity index (χ0v) is 16.0. The lowest BCUT2D eigenvalue weighted by Crippen LogP contribution is -2.32. The number of hydrogen-bond acceptors (Lipinski definition) is 3. The van der Waals surface area contributed by atoms with Crippen molar-refractivity contribution in [3.8, 4) is 0 Å². The van der Waals surface area contributed by atoms with Crippen molar-refractivity contribution in [1.29, 1.82) is 0 Å². The molecule has 1 atom stereocenters. The number of benzene rings is 2. The quantitative estimate of drug-likeness (QED) is 0.777. The molecule has 0 radical (unpaired) electrons. The summed E-state index contributed by atoms with van der Waals surface area (Å²) in [5, 5.41) is 6.26. The predicted octanol–water partition coefficient (Wildman–Crippen LogP) is 3.72. The van der Waals surface area contributed by atoms with Gasteiger partial charge in [0.05, 0.1) is 6.54 Å². The molecular weight excluding hydrogens is 350 g/mol. The molecule has 5 nitrogen and oxygen atoms in total. The molecule has 0 saturated carbocycles. The fourth-order valence-corrected chi connectivity index (χ4v) is 2.78. The molecule has 0 spiro atoms. The monoisotopic (exact) mass is 373 g/mol. The first-order valence-electron chi connectivity index (χ1n) is 8.54. The van der Waals surface area contributed by atoms with Crippen LogP contribution in [-0.4, -0.2) is 36.9 Å². The van der Waals surface area contributed by atoms with Gasteiger partial charge >= 0.3 is 0 Å². The van der Waals surface area contributed by atoms with Gasteiger partial charge in [-0.1, -0.05) is 29.8 Å². The lowest BCUT2D eigenvalue weighted by atomic mass is 10.1. The maximum atomic E-state index is 12.4. The highest BCUT2D eigenvalue weighted by Gasteiger charge is 2.15. The zero-order chi connectivity index (χ0) is 19.1. The van der Waals surface area contributed by atoms with Gasteiger partial charge in [-0.15, -0.1) is 0 Å². The van der Waals surface area contributed by atoms with Gasteiger partial charge in [0.1, 0.15) is 0 Å². The largest absolute Gasteiger partial charge is 0.352 e. The van der Waals surface area contributed by atoms with E-state index < -0.39 is 0 Å². The van der Waals surface area contributed by atoms with Gasteiger partial charge in [0.2, 0.25) is 5.91 Å². The van der Waals surface area contributed by atoms with Crippen molar-refractivity contribution < 1.29 is 9.59 Å². The highest BCUT2D eigenvalue weighted by atomic mass is 35.5. The second-order valence-electron chi connectivity index (χ2n) is 6.13. The Morgan fingerprint density at radius 1 is 1.15 bits per heavy atom. The van der Waals surface area contributed by atoms with Crippen molar-refractivity contribution >= 4 is 29.1 Å². The van der Waals surface area contributed by atoms with Crippen molar-refractivity contribution in [1.82, 2.24) is 10.2 Å². The smallest absolute Gasteiger partial charge is 0.251 e. The number of rotatable bonds is 7. The summed E-state index contributed by atoms with van der Waals surface area (Å²) in [4.78, 5) is 26.2. The molecule has 138 valence electrons. The molecule has 0 heterocycles. The third kappa shape index (κ3) is 5.58. The second-order valence-corrected chi connectivity index (χ2v) is 6.57. The number of nitrogens with one attached hydrogen (secondary N) is 2. The summed E-state index contributed by atoms with van der Waals surface area (Å²) in [7, 11) is 1.89. The van der Waals surface area contributed by atoms with E-state index in [4.69, 9.17) is 11.6 Å². The zero-order valence-electron chi connectivity index (χ0n) is 15.3. The summed E-state index contributed by atoms with van der Waals surface area (Å²) in [5.74, 6) is -0.301. The molecule has 0 aromatic heterocycles. The van der Waals surface area contributed by atoms with Crippen LogP contribution in [0.15, 0.2) is 48.5 Å². The molecule has 2 aromatic carbocycles. The molecule has 0 fully saturated rings. The minimum atomic E-state index is -0.157. The maximum Gasteiger partial charge on any atom is 0.251 e. The molecule has 1 unspecified atom stereocenters. The number of carbonyl (C=O) groups is 2. The fraction of sp³-hybridized carbons (Fsp3) is 0.300. The Morgan fingerprint density at radius 3 is 2.58 bits per heavy atom. The van der Waals surface area contributed by atoms with Gasteiger partial charge in [-0.25, -0.2) is 0 Å². The number of halogens is 1. The Morgan fingerprint density at radius 2 is 1.88 bits per heavy atom. The van der Waals surface area contributed by atoms with E-state index in [9.17, 15) is 9.59 Å². The summed E-state index contributed by atoms with van der Waals surface area (Å²) in [6.45, 7) is 4.66. The van der Waals surface area contributed by atoms with Crippen LogP contribution < -0.4 is 10.6 Å². The van der Waals surface area contributed by atoms with Crippen LogP contribution in [0.1, 0.15) is 35.8 Å². The Bertz CT molecular complexity index is 779. The van der Waals surface area contributed by atoms with Gasteiger partial charge in [-0.3, -0.25) is 14.5 Å². The molecule has 6 heteroatoms. The van der Waals surface area contributed by atoms with Gasteiger partial charge in [0.25, 0.3) is 5.91 Å². The molecular formula is C20H24ClN3O2. The average Bonchev–Trinajstić information content (AvgIpc) is 2.61. The Kier molecular flexibility index (Phi) is 7.18. The number of anilines is 1. The minimum Gasteiger partial charge on any atom is -0.352 e. The van der Waals surface area contributed by atoms with Gasteiger partial charge in [-0.05, 0) is 56.8 Å². The Balaban J connectivity index is 1.97. The molecule has 26 heavy (non-hydrogen) atoms. The van der Waals surface area contributed by atoms with Gasteiger partial charge in [0, 0.05) is 28.9 Å². The van der Waals surface area contributed by atoms with Crippen LogP contribution in [0.3, 0.4) is 0 Å². The third-order valence-electron chi connectivity index (χ3n) is 4.13. The number of likely N-dealkylation sites (N-methyl/N-ethyl adjacent to an activating group) is 1. The number of amides is 2. The van der Waals surface area contributed by atoms with Crippen molar-refractivity contribution in [2.75, 3.05) is 25.5 Å². The molecule has 2 aromatic rings. The van der Waals surface area contributed by atoms with Crippen molar-refractivity contribution in [3.05, 3.63) is 64.7 Å². The van der Waals surface area contributed by atoms with E-state index in [0.29, 0.717) is 22.8 Å². The first-order chi connectivity index (χ1) is 12.4. The fourth-order valence-electron chi connectivity index (χ4n) is 2.59. The van der Waals surface area contributed by atoms with Crippen LogP contribution in [0, 0.1) is 0 Å². The van der Waals surface area contributed by atoms with E-state index in [1.807, 2.05) is 50.1 Å². The summed E-state index contributed by atoms with van der Waals surface area (Å²) in [6, 6.07) is 14.6. The molecule has 0 saturated heterocycles. The molecule has 2 N–H and O–H groups in total. The van der Waals surface area contributed by atoms with Gasteiger partial charge < -0.3 is 10.6 Å². The van der Waals surface area contributed by atoms with E-state index in [1.54, 1.807) is 24.3 Å². The van der Waals surface area contributed by atoms with Crippen molar-refractivity contribution in [2.24, 2.45) is 0 Å². The van der Waals surface area contributed by atoms with Gasteiger partial charge in [-0.2, -0.15) is 0 Å². The summed E-state index contributed by atoms with van der Waals surface area (Å²) >= 11 is 6.04. The molecule has 2 amide bonds. The normalized spacial score (nSPS) is 11.9. The Labute approximate surface area is 159 Å². The number of nitrogens with zero attached hydrogens (tertiary/aromatic N) is 1. The van der Waals surface area contributed by atoms with Crippen LogP contribution in [0.4, 0.5) is 5.69 Å². The molecule has 0 aliphatic carbocycles. The summed E-state index contributed by atoms with van der Waals surface area (Å²) in [6.07, 6.45) is 0. The van der Waals surface area contributed by atoms with Crippen LogP contribution in [0.25, 0.3) is 0 Å². The van der Waals surface area contributed by atoms with Gasteiger partial charge in [0.15, 0.2) is 0 Å². The van der Waals surface area contributed by atoms with E-state index in [2.05, 4.69) is 10.6 Å². The number of hydrogen-bond donors (Lipinski definition) is 2. The van der Waals surface area contributed by atoms with Crippen LogP contribution in [-0.2, 0) is 4.79 Å². The van der Waals surface area contributed by atoms with E-state index in [-0.39, 0.29) is 24.4 Å². The highest BCUT2D eigenvalue weighted by molar-refractivity contribution is 6.30. The maximum absolute atomic E-state index is 12.4. The first kappa shape index (κ1) is 19.9. The minimum absolute atomic E-state index is 0.0427. The van der Waals surface area contributed by atoms with E-state index in [1.165, 1.54) is 0 Å². The lowest BCUT2D eigenvalue weighted by Gasteiger charge is -2.24. The topological polar surface area (TPSA) is 61.4 Å². The van der Waals surface area contributed by atoms with Crippen LogP contribution in [0.2, 0.25) is 5.02 Å². The molecule has 2 rings (SSSR count). The first-order valence-corrected chi connectivity index (χ1v) is 8.92. The van der Waals surface area contributed by atoms with E-state index in [0.717, 1.165) is 5.56 Å². The van der Waals surface area contributed by atoms with Crippen molar-refractivity contribution in [2.45, 2.75) is 19.9 Å². The second kappa shape index (κ2) is 9.36. The number of carbonyl (C=O) groups excluding carboxylic acids is 2. The summed E-state index contributed by atoms with van der Waals surface area (Å²) < 4.78 is 0. The molecule has 0 bridgehead atoms.